The van der Waals surface area contributed by atoms with Gasteiger partial charge in [-0.25, -0.2) is 8.78 Å². The second kappa shape index (κ2) is 9.70. The Bertz CT molecular complexity index is 674. The van der Waals surface area contributed by atoms with Crippen molar-refractivity contribution < 1.29 is 13.6 Å². The van der Waals surface area contributed by atoms with E-state index in [2.05, 4.69) is 17.7 Å². The number of hydrogen-bond acceptors (Lipinski definition) is 3. The van der Waals surface area contributed by atoms with E-state index in [4.69, 9.17) is 5.41 Å². The minimum Gasteiger partial charge on any atom is -0.340 e. The van der Waals surface area contributed by atoms with Gasteiger partial charge < -0.3 is 10.3 Å². The molecule has 1 aromatic carbocycles. The molecule has 25 heavy (non-hydrogen) atoms. The van der Waals surface area contributed by atoms with Crippen LogP contribution in [0.25, 0.3) is 0 Å². The number of nitrogens with one attached hydrogen (secondary N) is 1. The molecule has 4 nitrogen and oxygen atoms in total. The first-order valence-electron chi connectivity index (χ1n) is 7.89. The highest BCUT2D eigenvalue weighted by molar-refractivity contribution is 6.06. The lowest BCUT2D eigenvalue weighted by molar-refractivity contribution is -0.130. The first kappa shape index (κ1) is 20.5. The molecule has 0 aliphatic carbocycles. The first-order valence-corrected chi connectivity index (χ1v) is 7.89. The third kappa shape index (κ3) is 6.12. The maximum atomic E-state index is 13.2. The van der Waals surface area contributed by atoms with E-state index in [1.807, 2.05) is 11.8 Å². The van der Waals surface area contributed by atoms with Crippen molar-refractivity contribution >= 4 is 11.6 Å². The molecule has 1 amide bonds. The number of carbonyl (C=O) groups is 1. The fraction of sp³-hybridized carbons (Fsp3) is 0.368. The normalized spacial score (nSPS) is 15.3. The van der Waals surface area contributed by atoms with Gasteiger partial charge in [-0.3, -0.25) is 9.69 Å². The van der Waals surface area contributed by atoms with Crippen LogP contribution < -0.4 is 0 Å². The number of amides is 1. The fourth-order valence-corrected chi connectivity index (χ4v) is 2.61. The van der Waals surface area contributed by atoms with Crippen LogP contribution in [-0.2, 0) is 4.79 Å². The summed E-state index contributed by atoms with van der Waals surface area (Å²) in [7, 11) is 0. The number of carbonyl (C=O) groups excluding carboxylic acids is 1. The minimum atomic E-state index is -0.946. The Morgan fingerprint density at radius 2 is 1.76 bits per heavy atom. The zero-order valence-electron chi connectivity index (χ0n) is 14.6. The van der Waals surface area contributed by atoms with Crippen LogP contribution in [0.3, 0.4) is 0 Å². The van der Waals surface area contributed by atoms with Crippen LogP contribution in [0.5, 0.6) is 0 Å². The highest BCUT2D eigenvalue weighted by Gasteiger charge is 2.18. The van der Waals surface area contributed by atoms with Crippen molar-refractivity contribution in [2.45, 2.75) is 13.8 Å². The molecular formula is C19H23F2N3O. The average Bonchev–Trinajstić information content (AvgIpc) is 2.59. The number of rotatable bonds is 4. The molecule has 134 valence electrons. The molecule has 1 aliphatic heterocycles. The Morgan fingerprint density at radius 3 is 2.28 bits per heavy atom. The van der Waals surface area contributed by atoms with Crippen LogP contribution in [0.15, 0.2) is 29.8 Å². The molecule has 0 unspecified atom stereocenters. The van der Waals surface area contributed by atoms with Crippen LogP contribution in [0.4, 0.5) is 8.78 Å². The van der Waals surface area contributed by atoms with Gasteiger partial charge >= 0.3 is 0 Å². The topological polar surface area (TPSA) is 47.4 Å². The Morgan fingerprint density at radius 1 is 1.16 bits per heavy atom. The highest BCUT2D eigenvalue weighted by Crippen LogP contribution is 2.11. The summed E-state index contributed by atoms with van der Waals surface area (Å²) < 4.78 is 26.1. The maximum Gasteiger partial charge on any atom is 0.219 e. The highest BCUT2D eigenvalue weighted by atomic mass is 19.2. The largest absolute Gasteiger partial charge is 0.340 e. The molecule has 0 atom stereocenters. The molecule has 1 aliphatic rings. The van der Waals surface area contributed by atoms with E-state index in [-0.39, 0.29) is 11.6 Å². The fourth-order valence-electron chi connectivity index (χ4n) is 2.61. The molecule has 0 bridgehead atoms. The predicted molar refractivity (Wildman–Crippen MR) is 95.5 cm³/mol. The van der Waals surface area contributed by atoms with Gasteiger partial charge in [0.15, 0.2) is 11.6 Å². The minimum absolute atomic E-state index is 0.0945. The summed E-state index contributed by atoms with van der Waals surface area (Å²) in [5.74, 6) is -1.76. The second-order valence-corrected chi connectivity index (χ2v) is 5.82. The quantitative estimate of drug-likeness (QED) is 0.672. The zero-order chi connectivity index (χ0) is 19.0. The molecule has 1 heterocycles. The predicted octanol–water partition coefficient (Wildman–Crippen LogP) is 2.69. The summed E-state index contributed by atoms with van der Waals surface area (Å²) in [5, 5.41) is 8.00. The van der Waals surface area contributed by atoms with Crippen LogP contribution >= 0.6 is 0 Å². The molecule has 1 N–H and O–H groups in total. The van der Waals surface area contributed by atoms with Crippen molar-refractivity contribution in [2.75, 3.05) is 32.7 Å². The van der Waals surface area contributed by atoms with Gasteiger partial charge in [-0.1, -0.05) is 5.57 Å². The number of halogens is 2. The molecule has 2 rings (SSSR count). The average molecular weight is 347 g/mol. The van der Waals surface area contributed by atoms with Gasteiger partial charge in [0, 0.05) is 45.2 Å². The van der Waals surface area contributed by atoms with Crippen LogP contribution in [0, 0.1) is 29.9 Å². The summed E-state index contributed by atoms with van der Waals surface area (Å²) in [5.41, 5.74) is 1.48. The van der Waals surface area contributed by atoms with E-state index in [1.165, 1.54) is 6.07 Å². The number of terminal acetylenes is 1. The van der Waals surface area contributed by atoms with Crippen molar-refractivity contribution in [1.29, 1.82) is 5.41 Å². The van der Waals surface area contributed by atoms with Crippen LogP contribution in [-0.4, -0.2) is 54.1 Å². The number of benzene rings is 1. The molecule has 0 saturated carbocycles. The standard InChI is InChI=1S/C17H21F2N3O.C2H2/c1-12(11-21-5-7-22(8-6-21)13(2)23)9-17(20)14-3-4-15(18)16(19)10-14;1-2/h3-4,9-10,20H,5-8,11H2,1-2H3;1-2H/b12-9+,20-17?;. The Kier molecular flexibility index (Phi) is 7.96. The van der Waals surface area contributed by atoms with Gasteiger partial charge in [0.1, 0.15) is 0 Å². The van der Waals surface area contributed by atoms with E-state index < -0.39 is 11.6 Å². The van der Waals surface area contributed by atoms with Crippen molar-refractivity contribution in [3.63, 3.8) is 0 Å². The Balaban J connectivity index is 0.00000151. The van der Waals surface area contributed by atoms with Gasteiger partial charge in [0.25, 0.3) is 0 Å². The summed E-state index contributed by atoms with van der Waals surface area (Å²) in [6.45, 7) is 7.19. The summed E-state index contributed by atoms with van der Waals surface area (Å²) in [6.07, 6.45) is 9.67. The summed E-state index contributed by atoms with van der Waals surface area (Å²) in [6, 6.07) is 3.46. The summed E-state index contributed by atoms with van der Waals surface area (Å²) >= 11 is 0. The van der Waals surface area contributed by atoms with Crippen molar-refractivity contribution in [1.82, 2.24) is 9.80 Å². The lowest BCUT2D eigenvalue weighted by Crippen LogP contribution is -2.48. The second-order valence-electron chi connectivity index (χ2n) is 5.82. The van der Waals surface area contributed by atoms with Crippen molar-refractivity contribution in [2.24, 2.45) is 0 Å². The first-order chi connectivity index (χ1) is 11.9. The molecule has 6 heteroatoms. The third-order valence-corrected chi connectivity index (χ3v) is 3.91. The van der Waals surface area contributed by atoms with E-state index >= 15 is 0 Å². The van der Waals surface area contributed by atoms with E-state index in [0.29, 0.717) is 25.2 Å². The van der Waals surface area contributed by atoms with Crippen molar-refractivity contribution in [3.8, 4) is 12.8 Å². The Labute approximate surface area is 147 Å². The summed E-state index contributed by atoms with van der Waals surface area (Å²) in [4.78, 5) is 15.3. The molecule has 0 aromatic heterocycles. The SMILES string of the molecule is C#C.CC(=O)N1CCN(C/C(C)=C/C(=N)c2ccc(F)c(F)c2)CC1. The zero-order valence-corrected chi connectivity index (χ0v) is 14.6. The molecular weight excluding hydrogens is 324 g/mol. The molecule has 0 radical (unpaired) electrons. The van der Waals surface area contributed by atoms with E-state index in [0.717, 1.165) is 30.8 Å². The van der Waals surface area contributed by atoms with Crippen LogP contribution in [0.1, 0.15) is 19.4 Å². The monoisotopic (exact) mass is 347 g/mol. The van der Waals surface area contributed by atoms with Gasteiger partial charge in [-0.15, -0.1) is 12.8 Å². The number of piperazine rings is 1. The van der Waals surface area contributed by atoms with Crippen molar-refractivity contribution in [3.05, 3.63) is 47.0 Å². The lowest BCUT2D eigenvalue weighted by Gasteiger charge is -2.34. The number of allylic oxidation sites excluding steroid dienone is 1. The third-order valence-electron chi connectivity index (χ3n) is 3.91. The van der Waals surface area contributed by atoms with E-state index in [9.17, 15) is 13.6 Å². The molecule has 0 spiro atoms. The number of hydrogen-bond donors (Lipinski definition) is 1. The van der Waals surface area contributed by atoms with Gasteiger partial charge in [-0.2, -0.15) is 0 Å². The van der Waals surface area contributed by atoms with Gasteiger partial charge in [0.2, 0.25) is 5.91 Å². The number of nitrogens with zero attached hydrogens (tertiary/aromatic N) is 2. The van der Waals surface area contributed by atoms with E-state index in [1.54, 1.807) is 13.0 Å². The lowest BCUT2D eigenvalue weighted by atomic mass is 10.1. The molecule has 1 saturated heterocycles. The van der Waals surface area contributed by atoms with Gasteiger partial charge in [-0.05, 0) is 31.2 Å². The van der Waals surface area contributed by atoms with Gasteiger partial charge in [0.05, 0.1) is 5.71 Å². The Hall–Kier alpha value is -2.52. The maximum absolute atomic E-state index is 13.2. The van der Waals surface area contributed by atoms with Crippen LogP contribution in [0.2, 0.25) is 0 Å². The molecule has 1 aromatic rings. The molecule has 1 fully saturated rings. The smallest absolute Gasteiger partial charge is 0.219 e.